The highest BCUT2D eigenvalue weighted by molar-refractivity contribution is 5.77. The fourth-order valence-electron chi connectivity index (χ4n) is 3.40. The van der Waals surface area contributed by atoms with E-state index in [0.717, 1.165) is 17.1 Å². The maximum Gasteiger partial charge on any atom is 0.314 e. The van der Waals surface area contributed by atoms with Crippen LogP contribution in [0.5, 0.6) is 0 Å². The number of aliphatic carboxylic acids is 1. The van der Waals surface area contributed by atoms with Crippen LogP contribution in [0.1, 0.15) is 17.7 Å². The van der Waals surface area contributed by atoms with Gasteiger partial charge < -0.3 is 15.1 Å². The van der Waals surface area contributed by atoms with E-state index in [1.165, 1.54) is 0 Å². The van der Waals surface area contributed by atoms with Crippen molar-refractivity contribution >= 4 is 11.8 Å². The second kappa shape index (κ2) is 6.61. The van der Waals surface area contributed by atoms with E-state index < -0.39 is 17.5 Å². The van der Waals surface area contributed by atoms with Crippen molar-refractivity contribution in [1.29, 1.82) is 0 Å². The van der Waals surface area contributed by atoms with Gasteiger partial charge in [0.15, 0.2) is 0 Å². The van der Waals surface area contributed by atoms with Gasteiger partial charge in [-0.3, -0.25) is 4.79 Å². The van der Waals surface area contributed by atoms with Crippen molar-refractivity contribution < 1.29 is 15.0 Å². The van der Waals surface area contributed by atoms with Gasteiger partial charge in [-0.15, -0.1) is 0 Å². The molecule has 0 saturated carbocycles. The summed E-state index contributed by atoms with van der Waals surface area (Å²) < 4.78 is 0. The average Bonchev–Trinajstić information content (AvgIpc) is 2.57. The first kappa shape index (κ1) is 16.5. The number of hydrogen-bond donors (Lipinski definition) is 2. The first-order valence-electron chi connectivity index (χ1n) is 8.15. The standard InChI is InChI=1S/C19H22N2O3/c1-14-6-5-9-17(20-14)21-11-10-16(22)19(13-21,18(23)24)12-15-7-3-2-4-8-15/h2-9,16,22H,10-13H2,1H3,(H,23,24)/t16-,19+/m0/s1. The monoisotopic (exact) mass is 326 g/mol. The van der Waals surface area contributed by atoms with Crippen molar-refractivity contribution in [2.75, 3.05) is 18.0 Å². The third kappa shape index (κ3) is 3.12. The van der Waals surface area contributed by atoms with Crippen LogP contribution < -0.4 is 4.90 Å². The number of benzene rings is 1. The zero-order chi connectivity index (χ0) is 17.2. The van der Waals surface area contributed by atoms with E-state index in [-0.39, 0.29) is 6.54 Å². The Kier molecular flexibility index (Phi) is 4.53. The molecule has 2 aromatic rings. The number of pyridine rings is 1. The van der Waals surface area contributed by atoms with Crippen LogP contribution in [-0.4, -0.2) is 40.4 Å². The first-order valence-corrected chi connectivity index (χ1v) is 8.15. The molecule has 2 atom stereocenters. The molecule has 5 nitrogen and oxygen atoms in total. The number of carboxylic acids is 1. The molecule has 24 heavy (non-hydrogen) atoms. The molecule has 1 saturated heterocycles. The predicted octanol–water partition coefficient (Wildman–Crippen LogP) is 2.27. The molecule has 1 aromatic heterocycles. The van der Waals surface area contributed by atoms with Crippen molar-refractivity contribution in [2.45, 2.75) is 25.9 Å². The lowest BCUT2D eigenvalue weighted by molar-refractivity contribution is -0.157. The summed E-state index contributed by atoms with van der Waals surface area (Å²) in [5.41, 5.74) is 0.575. The van der Waals surface area contributed by atoms with E-state index >= 15 is 0 Å². The lowest BCUT2D eigenvalue weighted by atomic mass is 9.73. The van der Waals surface area contributed by atoms with Gasteiger partial charge in [0.2, 0.25) is 0 Å². The third-order valence-electron chi connectivity index (χ3n) is 4.77. The number of aliphatic hydroxyl groups excluding tert-OH is 1. The second-order valence-corrected chi connectivity index (χ2v) is 6.49. The average molecular weight is 326 g/mol. The van der Waals surface area contributed by atoms with Gasteiger partial charge in [0, 0.05) is 18.8 Å². The zero-order valence-corrected chi connectivity index (χ0v) is 13.7. The van der Waals surface area contributed by atoms with E-state index in [0.29, 0.717) is 19.4 Å². The molecule has 2 heterocycles. The smallest absolute Gasteiger partial charge is 0.314 e. The number of piperidine rings is 1. The number of aryl methyl sites for hydroxylation is 1. The number of carboxylic acid groups (broad SMARTS) is 1. The Morgan fingerprint density at radius 1 is 1.25 bits per heavy atom. The Morgan fingerprint density at radius 3 is 2.67 bits per heavy atom. The summed E-state index contributed by atoms with van der Waals surface area (Å²) in [7, 11) is 0. The van der Waals surface area contributed by atoms with Crippen LogP contribution in [0.3, 0.4) is 0 Å². The van der Waals surface area contributed by atoms with E-state index in [1.807, 2.05) is 60.4 Å². The fourth-order valence-corrected chi connectivity index (χ4v) is 3.40. The molecule has 3 rings (SSSR count). The molecule has 0 spiro atoms. The molecule has 0 aliphatic carbocycles. The molecule has 1 aliphatic heterocycles. The lowest BCUT2D eigenvalue weighted by Gasteiger charge is -2.44. The predicted molar refractivity (Wildman–Crippen MR) is 92.0 cm³/mol. The van der Waals surface area contributed by atoms with Crippen molar-refractivity contribution in [3.63, 3.8) is 0 Å². The van der Waals surface area contributed by atoms with Gasteiger partial charge in [-0.2, -0.15) is 0 Å². The van der Waals surface area contributed by atoms with E-state index in [1.54, 1.807) is 0 Å². The lowest BCUT2D eigenvalue weighted by Crippen LogP contribution is -2.57. The number of hydrogen-bond acceptors (Lipinski definition) is 4. The molecule has 0 unspecified atom stereocenters. The normalized spacial score (nSPS) is 23.9. The molecule has 1 aliphatic rings. The second-order valence-electron chi connectivity index (χ2n) is 6.49. The zero-order valence-electron chi connectivity index (χ0n) is 13.7. The Labute approximate surface area is 141 Å². The molecule has 0 radical (unpaired) electrons. The molecule has 1 fully saturated rings. The van der Waals surface area contributed by atoms with Gasteiger partial charge in [0.1, 0.15) is 11.2 Å². The van der Waals surface area contributed by atoms with Crippen LogP contribution in [-0.2, 0) is 11.2 Å². The first-order chi connectivity index (χ1) is 11.5. The fraction of sp³-hybridized carbons (Fsp3) is 0.368. The summed E-state index contributed by atoms with van der Waals surface area (Å²) in [6.07, 6.45) is -0.169. The van der Waals surface area contributed by atoms with Gasteiger partial charge in [0.25, 0.3) is 0 Å². The summed E-state index contributed by atoms with van der Waals surface area (Å²) in [6, 6.07) is 15.2. The van der Waals surface area contributed by atoms with Gasteiger partial charge in [-0.1, -0.05) is 36.4 Å². The molecule has 0 amide bonds. The van der Waals surface area contributed by atoms with E-state index in [2.05, 4.69) is 4.98 Å². The van der Waals surface area contributed by atoms with Crippen molar-refractivity contribution in [3.8, 4) is 0 Å². The highest BCUT2D eigenvalue weighted by Gasteiger charge is 2.49. The number of carbonyl (C=O) groups is 1. The quantitative estimate of drug-likeness (QED) is 0.902. The van der Waals surface area contributed by atoms with Gasteiger partial charge in [-0.05, 0) is 37.5 Å². The summed E-state index contributed by atoms with van der Waals surface area (Å²) in [6.45, 7) is 2.76. The number of anilines is 1. The Morgan fingerprint density at radius 2 is 2.00 bits per heavy atom. The molecule has 2 N–H and O–H groups in total. The van der Waals surface area contributed by atoms with Crippen LogP contribution in [0.25, 0.3) is 0 Å². The number of aliphatic hydroxyl groups is 1. The molecule has 0 bridgehead atoms. The third-order valence-corrected chi connectivity index (χ3v) is 4.77. The van der Waals surface area contributed by atoms with Gasteiger partial charge in [0.05, 0.1) is 6.10 Å². The topological polar surface area (TPSA) is 73.7 Å². The minimum absolute atomic E-state index is 0.245. The Balaban J connectivity index is 1.93. The molecule has 1 aromatic carbocycles. The largest absolute Gasteiger partial charge is 0.481 e. The summed E-state index contributed by atoms with van der Waals surface area (Å²) >= 11 is 0. The van der Waals surface area contributed by atoms with Crippen LogP contribution >= 0.6 is 0 Å². The number of rotatable bonds is 4. The maximum atomic E-state index is 12.1. The molecular weight excluding hydrogens is 304 g/mol. The van der Waals surface area contributed by atoms with Crippen molar-refractivity contribution in [2.24, 2.45) is 5.41 Å². The van der Waals surface area contributed by atoms with Crippen LogP contribution in [0.2, 0.25) is 0 Å². The molecule has 5 heteroatoms. The minimum atomic E-state index is -1.23. The van der Waals surface area contributed by atoms with Crippen molar-refractivity contribution in [3.05, 3.63) is 59.8 Å². The summed E-state index contributed by atoms with van der Waals surface area (Å²) in [4.78, 5) is 18.6. The number of nitrogens with zero attached hydrogens (tertiary/aromatic N) is 2. The molecule has 126 valence electrons. The Bertz CT molecular complexity index is 720. The van der Waals surface area contributed by atoms with Crippen LogP contribution in [0, 0.1) is 12.3 Å². The minimum Gasteiger partial charge on any atom is -0.481 e. The van der Waals surface area contributed by atoms with Gasteiger partial charge in [-0.25, -0.2) is 4.98 Å². The Hall–Kier alpha value is -2.40. The van der Waals surface area contributed by atoms with Crippen LogP contribution in [0.4, 0.5) is 5.82 Å². The maximum absolute atomic E-state index is 12.1. The van der Waals surface area contributed by atoms with E-state index in [4.69, 9.17) is 0 Å². The van der Waals surface area contributed by atoms with Gasteiger partial charge >= 0.3 is 5.97 Å². The highest BCUT2D eigenvalue weighted by atomic mass is 16.4. The van der Waals surface area contributed by atoms with Crippen molar-refractivity contribution in [1.82, 2.24) is 4.98 Å². The number of aromatic nitrogens is 1. The van der Waals surface area contributed by atoms with E-state index in [9.17, 15) is 15.0 Å². The SMILES string of the molecule is Cc1cccc(N2CC[C@H](O)[C@](Cc3ccccc3)(C(=O)O)C2)n1. The highest BCUT2D eigenvalue weighted by Crippen LogP contribution is 2.36. The van der Waals surface area contributed by atoms with Crippen LogP contribution in [0.15, 0.2) is 48.5 Å². The molecular formula is C19H22N2O3. The summed E-state index contributed by atoms with van der Waals surface area (Å²) in [5.74, 6) is -0.197. The summed E-state index contributed by atoms with van der Waals surface area (Å²) in [5, 5.41) is 20.5.